The summed E-state index contributed by atoms with van der Waals surface area (Å²) in [5, 5.41) is 1.42. The molecule has 0 spiro atoms. The minimum atomic E-state index is 0.0740. The van der Waals surface area contributed by atoms with Crippen LogP contribution in [0.5, 0.6) is 0 Å². The number of ether oxygens (including phenoxy) is 1. The Labute approximate surface area is 179 Å². The van der Waals surface area contributed by atoms with Gasteiger partial charge in [0, 0.05) is 35.0 Å². The zero-order chi connectivity index (χ0) is 20.5. The predicted molar refractivity (Wildman–Crippen MR) is 120 cm³/mol. The van der Waals surface area contributed by atoms with Crippen LogP contribution in [0.3, 0.4) is 0 Å². The molecule has 0 N–H and O–H groups in total. The Hall–Kier alpha value is -1.73. The van der Waals surface area contributed by atoms with Gasteiger partial charge in [-0.05, 0) is 57.6 Å². The van der Waals surface area contributed by atoms with Crippen LogP contribution in [0.4, 0.5) is 0 Å². The molecule has 3 aromatic rings. The number of methoxy groups -OCH3 is 1. The Kier molecular flexibility index (Phi) is 6.06. The van der Waals surface area contributed by atoms with Gasteiger partial charge in [0.25, 0.3) is 5.56 Å². The van der Waals surface area contributed by atoms with Crippen LogP contribution in [-0.4, -0.2) is 48.3 Å². The molecule has 2 aromatic heterocycles. The van der Waals surface area contributed by atoms with Crippen LogP contribution in [0, 0.1) is 6.92 Å². The van der Waals surface area contributed by atoms with Gasteiger partial charge in [0.2, 0.25) is 0 Å². The smallest absolute Gasteiger partial charge is 0.263 e. The van der Waals surface area contributed by atoms with E-state index in [9.17, 15) is 4.79 Å². The maximum Gasteiger partial charge on any atom is 0.263 e. The van der Waals surface area contributed by atoms with E-state index in [0.717, 1.165) is 58.0 Å². The van der Waals surface area contributed by atoms with Crippen molar-refractivity contribution in [3.05, 3.63) is 50.3 Å². The first-order valence-corrected chi connectivity index (χ1v) is 11.2. The molecule has 0 amide bonds. The van der Waals surface area contributed by atoms with Gasteiger partial charge in [-0.25, -0.2) is 4.98 Å². The molecule has 0 saturated carbocycles. The SMILES string of the molecule is COCCc1nc2sc(C)c(-c3ccc(Cl)cc3)c2c(=O)n1C1CCN(C)CC1. The van der Waals surface area contributed by atoms with E-state index < -0.39 is 0 Å². The fourth-order valence-corrected chi connectivity index (χ4v) is 5.36. The highest BCUT2D eigenvalue weighted by molar-refractivity contribution is 7.19. The highest BCUT2D eigenvalue weighted by Gasteiger charge is 2.26. The van der Waals surface area contributed by atoms with Gasteiger partial charge >= 0.3 is 0 Å². The summed E-state index contributed by atoms with van der Waals surface area (Å²) < 4.78 is 7.25. The molecule has 3 heterocycles. The van der Waals surface area contributed by atoms with Crippen LogP contribution in [0.15, 0.2) is 29.1 Å². The third kappa shape index (κ3) is 3.99. The monoisotopic (exact) mass is 431 g/mol. The van der Waals surface area contributed by atoms with Crippen LogP contribution in [0.1, 0.15) is 29.6 Å². The summed E-state index contributed by atoms with van der Waals surface area (Å²) in [6.45, 7) is 4.60. The van der Waals surface area contributed by atoms with E-state index >= 15 is 0 Å². The first-order valence-electron chi connectivity index (χ1n) is 9.97. The summed E-state index contributed by atoms with van der Waals surface area (Å²) in [6.07, 6.45) is 2.56. The van der Waals surface area contributed by atoms with Gasteiger partial charge in [-0.15, -0.1) is 11.3 Å². The molecule has 1 fully saturated rings. The Morgan fingerprint density at radius 3 is 2.59 bits per heavy atom. The summed E-state index contributed by atoms with van der Waals surface area (Å²) >= 11 is 7.67. The maximum atomic E-state index is 13.8. The molecular weight excluding hydrogens is 406 g/mol. The number of likely N-dealkylation sites (tertiary alicyclic amines) is 1. The van der Waals surface area contributed by atoms with Crippen molar-refractivity contribution in [2.24, 2.45) is 0 Å². The molecule has 1 aliphatic heterocycles. The average Bonchev–Trinajstić information content (AvgIpc) is 3.04. The first-order chi connectivity index (χ1) is 14.0. The number of thiophene rings is 1. The summed E-state index contributed by atoms with van der Waals surface area (Å²) in [5.41, 5.74) is 2.07. The molecule has 0 aliphatic carbocycles. The Bertz CT molecular complexity index is 1070. The van der Waals surface area contributed by atoms with Crippen molar-refractivity contribution in [1.82, 2.24) is 14.5 Å². The van der Waals surface area contributed by atoms with Gasteiger partial charge in [0.05, 0.1) is 12.0 Å². The van der Waals surface area contributed by atoms with E-state index in [0.29, 0.717) is 18.1 Å². The summed E-state index contributed by atoms with van der Waals surface area (Å²) in [4.78, 5) is 23.0. The van der Waals surface area contributed by atoms with Crippen molar-refractivity contribution in [2.75, 3.05) is 33.9 Å². The number of piperidine rings is 1. The number of hydrogen-bond donors (Lipinski definition) is 0. The zero-order valence-electron chi connectivity index (χ0n) is 17.1. The first kappa shape index (κ1) is 20.5. The standard InChI is InChI=1S/C22H26ClN3O2S/c1-14-19(15-4-6-16(23)7-5-15)20-21(29-14)24-18(10-13-28-3)26(22(20)27)17-8-11-25(2)12-9-17/h4-7,17H,8-13H2,1-3H3. The van der Waals surface area contributed by atoms with E-state index in [1.54, 1.807) is 18.4 Å². The minimum Gasteiger partial charge on any atom is -0.384 e. The van der Waals surface area contributed by atoms with Gasteiger partial charge in [-0.1, -0.05) is 23.7 Å². The Morgan fingerprint density at radius 2 is 1.93 bits per heavy atom. The lowest BCUT2D eigenvalue weighted by atomic mass is 10.0. The normalized spacial score (nSPS) is 16.0. The van der Waals surface area contributed by atoms with Gasteiger partial charge in [0.15, 0.2) is 0 Å². The third-order valence-electron chi connectivity index (χ3n) is 5.72. The lowest BCUT2D eigenvalue weighted by Crippen LogP contribution is -2.37. The number of rotatable bonds is 5. The van der Waals surface area contributed by atoms with Gasteiger partial charge in [-0.3, -0.25) is 9.36 Å². The highest BCUT2D eigenvalue weighted by atomic mass is 35.5. The zero-order valence-corrected chi connectivity index (χ0v) is 18.6. The highest BCUT2D eigenvalue weighted by Crippen LogP contribution is 2.37. The van der Waals surface area contributed by atoms with Crippen LogP contribution in [0.25, 0.3) is 21.3 Å². The molecule has 154 valence electrons. The third-order valence-corrected chi connectivity index (χ3v) is 6.97. The second kappa shape index (κ2) is 8.56. The van der Waals surface area contributed by atoms with Crippen LogP contribution in [0.2, 0.25) is 5.02 Å². The Morgan fingerprint density at radius 1 is 1.24 bits per heavy atom. The second-order valence-corrected chi connectivity index (χ2v) is 9.34. The van der Waals surface area contributed by atoms with Crippen molar-refractivity contribution in [1.29, 1.82) is 0 Å². The van der Waals surface area contributed by atoms with Gasteiger partial charge in [0.1, 0.15) is 10.7 Å². The molecule has 0 bridgehead atoms. The Balaban J connectivity index is 1.91. The molecule has 5 nitrogen and oxygen atoms in total. The molecule has 0 radical (unpaired) electrons. The van der Waals surface area contributed by atoms with Crippen LogP contribution in [-0.2, 0) is 11.2 Å². The number of aryl methyl sites for hydroxylation is 1. The quantitative estimate of drug-likeness (QED) is 0.594. The van der Waals surface area contributed by atoms with Crippen molar-refractivity contribution < 1.29 is 4.74 Å². The number of halogens is 1. The number of fused-ring (bicyclic) bond motifs is 1. The predicted octanol–water partition coefficient (Wildman–Crippen LogP) is 4.54. The van der Waals surface area contributed by atoms with E-state index in [-0.39, 0.29) is 11.6 Å². The molecule has 7 heteroatoms. The van der Waals surface area contributed by atoms with E-state index in [1.165, 1.54) is 0 Å². The van der Waals surface area contributed by atoms with Crippen molar-refractivity contribution >= 4 is 33.2 Å². The fraction of sp³-hybridized carbons (Fsp3) is 0.455. The van der Waals surface area contributed by atoms with E-state index in [2.05, 4.69) is 18.9 Å². The molecule has 1 aliphatic rings. The number of aromatic nitrogens is 2. The second-order valence-electron chi connectivity index (χ2n) is 7.70. The van der Waals surface area contributed by atoms with Crippen molar-refractivity contribution in [2.45, 2.75) is 32.2 Å². The summed E-state index contributed by atoms with van der Waals surface area (Å²) in [7, 11) is 3.82. The van der Waals surface area contributed by atoms with Crippen LogP contribution >= 0.6 is 22.9 Å². The van der Waals surface area contributed by atoms with Crippen molar-refractivity contribution in [3.8, 4) is 11.1 Å². The number of hydrogen-bond acceptors (Lipinski definition) is 5. The molecular formula is C22H26ClN3O2S. The summed E-state index contributed by atoms with van der Waals surface area (Å²) in [5.74, 6) is 0.836. The van der Waals surface area contributed by atoms with E-state index in [1.807, 2.05) is 28.8 Å². The largest absolute Gasteiger partial charge is 0.384 e. The molecule has 4 rings (SSSR count). The topological polar surface area (TPSA) is 47.4 Å². The van der Waals surface area contributed by atoms with Gasteiger partial charge in [-0.2, -0.15) is 0 Å². The molecule has 0 unspecified atom stereocenters. The number of nitrogens with zero attached hydrogens (tertiary/aromatic N) is 3. The molecule has 0 atom stereocenters. The lowest BCUT2D eigenvalue weighted by Gasteiger charge is -2.31. The van der Waals surface area contributed by atoms with Gasteiger partial charge < -0.3 is 9.64 Å². The number of benzene rings is 1. The molecule has 1 saturated heterocycles. The maximum absolute atomic E-state index is 13.8. The fourth-order valence-electron chi connectivity index (χ4n) is 4.18. The molecule has 1 aromatic carbocycles. The lowest BCUT2D eigenvalue weighted by molar-refractivity contribution is 0.191. The minimum absolute atomic E-state index is 0.0740. The average molecular weight is 432 g/mol. The molecule has 29 heavy (non-hydrogen) atoms. The summed E-state index contributed by atoms with van der Waals surface area (Å²) in [6, 6.07) is 7.89. The van der Waals surface area contributed by atoms with Crippen molar-refractivity contribution in [3.63, 3.8) is 0 Å². The van der Waals surface area contributed by atoms with Crippen LogP contribution < -0.4 is 5.56 Å². The van der Waals surface area contributed by atoms with E-state index in [4.69, 9.17) is 21.3 Å².